The van der Waals surface area contributed by atoms with Gasteiger partial charge in [0.25, 0.3) is 0 Å². The number of piperidine rings is 1. The van der Waals surface area contributed by atoms with Gasteiger partial charge in [-0.05, 0) is 37.5 Å². The van der Waals surface area contributed by atoms with E-state index in [2.05, 4.69) is 5.32 Å². The summed E-state index contributed by atoms with van der Waals surface area (Å²) < 4.78 is 25.1. The van der Waals surface area contributed by atoms with E-state index in [1.54, 1.807) is 23.4 Å². The molecule has 0 atom stereocenters. The van der Waals surface area contributed by atoms with Gasteiger partial charge in [0.2, 0.25) is 10.0 Å². The Labute approximate surface area is 120 Å². The van der Waals surface area contributed by atoms with Crippen LogP contribution >= 0.6 is 0 Å². The zero-order valence-corrected chi connectivity index (χ0v) is 12.6. The number of sulfonamides is 1. The number of rotatable bonds is 5. The van der Waals surface area contributed by atoms with E-state index >= 15 is 0 Å². The van der Waals surface area contributed by atoms with Gasteiger partial charge in [-0.1, -0.05) is 12.1 Å². The van der Waals surface area contributed by atoms with E-state index in [-0.39, 0.29) is 11.5 Å². The highest BCUT2D eigenvalue weighted by molar-refractivity contribution is 7.89. The van der Waals surface area contributed by atoms with Crippen molar-refractivity contribution in [3.05, 3.63) is 29.8 Å². The quantitative estimate of drug-likeness (QED) is 0.859. The lowest BCUT2D eigenvalue weighted by atomic mass is 10.1. The number of phenolic OH excluding ortho intramolecular Hbond substituents is 1. The maximum absolute atomic E-state index is 11.8. The third-order valence-electron chi connectivity index (χ3n) is 3.72. The monoisotopic (exact) mass is 298 g/mol. The lowest BCUT2D eigenvalue weighted by molar-refractivity contribution is 0.289. The molecular formula is C14H22N2O3S. The second-order valence-corrected chi connectivity index (χ2v) is 7.38. The maximum atomic E-state index is 11.8. The average molecular weight is 298 g/mol. The molecule has 2 N–H and O–H groups in total. The molecule has 1 aromatic carbocycles. The SMILES string of the molecule is CCS(=O)(=O)N1CCC(NCc2cccc(O)c2)CC1. The molecule has 0 saturated carbocycles. The fraction of sp³-hybridized carbons (Fsp3) is 0.571. The number of phenols is 1. The minimum absolute atomic E-state index is 0.175. The van der Waals surface area contributed by atoms with Crippen molar-refractivity contribution in [3.63, 3.8) is 0 Å². The van der Waals surface area contributed by atoms with Crippen molar-refractivity contribution in [2.24, 2.45) is 0 Å². The molecule has 0 aromatic heterocycles. The van der Waals surface area contributed by atoms with Crippen molar-refractivity contribution in [2.45, 2.75) is 32.4 Å². The number of benzene rings is 1. The molecule has 0 aliphatic carbocycles. The van der Waals surface area contributed by atoms with Gasteiger partial charge >= 0.3 is 0 Å². The number of hydrogen-bond donors (Lipinski definition) is 2. The van der Waals surface area contributed by atoms with Crippen LogP contribution in [0.15, 0.2) is 24.3 Å². The van der Waals surface area contributed by atoms with Gasteiger partial charge in [0.05, 0.1) is 5.75 Å². The summed E-state index contributed by atoms with van der Waals surface area (Å²) >= 11 is 0. The highest BCUT2D eigenvalue weighted by atomic mass is 32.2. The van der Waals surface area contributed by atoms with Crippen molar-refractivity contribution in [3.8, 4) is 5.75 Å². The van der Waals surface area contributed by atoms with E-state index in [4.69, 9.17) is 0 Å². The van der Waals surface area contributed by atoms with Crippen LogP contribution in [0, 0.1) is 0 Å². The average Bonchev–Trinajstić information content (AvgIpc) is 2.46. The van der Waals surface area contributed by atoms with Crippen molar-refractivity contribution in [1.82, 2.24) is 9.62 Å². The zero-order chi connectivity index (χ0) is 14.6. The summed E-state index contributed by atoms with van der Waals surface area (Å²) in [5, 5.41) is 12.8. The third kappa shape index (κ3) is 3.94. The lowest BCUT2D eigenvalue weighted by Crippen LogP contribution is -2.45. The van der Waals surface area contributed by atoms with E-state index in [9.17, 15) is 13.5 Å². The summed E-state index contributed by atoms with van der Waals surface area (Å²) in [4.78, 5) is 0. The first-order chi connectivity index (χ1) is 9.51. The molecule has 6 heteroatoms. The highest BCUT2D eigenvalue weighted by Gasteiger charge is 2.26. The van der Waals surface area contributed by atoms with Crippen LogP contribution in [0.5, 0.6) is 5.75 Å². The van der Waals surface area contributed by atoms with Crippen LogP contribution in [0.1, 0.15) is 25.3 Å². The van der Waals surface area contributed by atoms with Crippen molar-refractivity contribution in [1.29, 1.82) is 0 Å². The molecule has 112 valence electrons. The summed E-state index contributed by atoms with van der Waals surface area (Å²) in [6, 6.07) is 7.51. The van der Waals surface area contributed by atoms with Crippen LogP contribution in [0.3, 0.4) is 0 Å². The number of nitrogens with zero attached hydrogens (tertiary/aromatic N) is 1. The van der Waals surface area contributed by atoms with Gasteiger partial charge in [0.15, 0.2) is 0 Å². The maximum Gasteiger partial charge on any atom is 0.213 e. The first kappa shape index (κ1) is 15.3. The summed E-state index contributed by atoms with van der Waals surface area (Å²) in [5.41, 5.74) is 1.04. The topological polar surface area (TPSA) is 69.6 Å². The van der Waals surface area contributed by atoms with Crippen molar-refractivity contribution < 1.29 is 13.5 Å². The fourth-order valence-corrected chi connectivity index (χ4v) is 3.58. The minimum atomic E-state index is -3.04. The second-order valence-electron chi connectivity index (χ2n) is 5.12. The van der Waals surface area contributed by atoms with Gasteiger partial charge < -0.3 is 10.4 Å². The van der Waals surface area contributed by atoms with Crippen molar-refractivity contribution in [2.75, 3.05) is 18.8 Å². The molecule has 1 aliphatic rings. The van der Waals surface area contributed by atoms with Crippen LogP contribution < -0.4 is 5.32 Å². The molecule has 0 bridgehead atoms. The third-order valence-corrected chi connectivity index (χ3v) is 5.60. The van der Waals surface area contributed by atoms with Gasteiger partial charge in [-0.2, -0.15) is 0 Å². The van der Waals surface area contributed by atoms with Gasteiger partial charge in [0.1, 0.15) is 5.75 Å². The van der Waals surface area contributed by atoms with E-state index in [0.717, 1.165) is 18.4 Å². The molecule has 1 aliphatic heterocycles. The summed E-state index contributed by atoms with van der Waals surface area (Å²) in [6.45, 7) is 3.56. The molecule has 2 rings (SSSR count). The van der Waals surface area contributed by atoms with E-state index in [0.29, 0.717) is 25.7 Å². The zero-order valence-electron chi connectivity index (χ0n) is 11.7. The van der Waals surface area contributed by atoms with Crippen LogP contribution in [-0.2, 0) is 16.6 Å². The highest BCUT2D eigenvalue weighted by Crippen LogP contribution is 2.16. The molecule has 5 nitrogen and oxygen atoms in total. The molecule has 0 radical (unpaired) electrons. The predicted molar refractivity (Wildman–Crippen MR) is 79.0 cm³/mol. The lowest BCUT2D eigenvalue weighted by Gasteiger charge is -2.31. The van der Waals surface area contributed by atoms with Crippen LogP contribution in [0.25, 0.3) is 0 Å². The fourth-order valence-electron chi connectivity index (χ4n) is 2.45. The van der Waals surface area contributed by atoms with Gasteiger partial charge in [0, 0.05) is 25.7 Å². The number of nitrogens with one attached hydrogen (secondary N) is 1. The standard InChI is InChI=1S/C14H22N2O3S/c1-2-20(18,19)16-8-6-13(7-9-16)15-11-12-4-3-5-14(17)10-12/h3-5,10,13,15,17H,2,6-9,11H2,1H3. The van der Waals surface area contributed by atoms with Gasteiger partial charge in [-0.25, -0.2) is 12.7 Å². The number of hydrogen-bond acceptors (Lipinski definition) is 4. The molecule has 0 spiro atoms. The Bertz CT molecular complexity index is 537. The molecule has 0 amide bonds. The first-order valence-corrected chi connectivity index (χ1v) is 8.61. The Hall–Kier alpha value is -1.11. The van der Waals surface area contributed by atoms with Crippen molar-refractivity contribution >= 4 is 10.0 Å². The number of aromatic hydroxyl groups is 1. The van der Waals surface area contributed by atoms with Crippen LogP contribution in [0.2, 0.25) is 0 Å². The minimum Gasteiger partial charge on any atom is -0.508 e. The van der Waals surface area contributed by atoms with E-state index < -0.39 is 10.0 Å². The molecule has 1 aromatic rings. The van der Waals surface area contributed by atoms with E-state index in [1.807, 2.05) is 12.1 Å². The summed E-state index contributed by atoms with van der Waals surface area (Å²) in [5.74, 6) is 0.446. The smallest absolute Gasteiger partial charge is 0.213 e. The molecule has 0 unspecified atom stereocenters. The first-order valence-electron chi connectivity index (χ1n) is 7.00. The van der Waals surface area contributed by atoms with Gasteiger partial charge in [-0.3, -0.25) is 0 Å². The Morgan fingerprint density at radius 3 is 2.65 bits per heavy atom. The predicted octanol–water partition coefficient (Wildman–Crippen LogP) is 1.30. The Balaban J connectivity index is 1.80. The molecule has 1 fully saturated rings. The molecular weight excluding hydrogens is 276 g/mol. The van der Waals surface area contributed by atoms with Crippen LogP contribution in [0.4, 0.5) is 0 Å². The Morgan fingerprint density at radius 1 is 1.35 bits per heavy atom. The molecule has 1 heterocycles. The second kappa shape index (κ2) is 6.56. The Morgan fingerprint density at radius 2 is 2.05 bits per heavy atom. The Kier molecular flexibility index (Phi) is 5.01. The van der Waals surface area contributed by atoms with E-state index in [1.165, 1.54) is 0 Å². The molecule has 1 saturated heterocycles. The normalized spacial score (nSPS) is 18.2. The summed E-state index contributed by atoms with van der Waals surface area (Å²) in [7, 11) is -3.04. The summed E-state index contributed by atoms with van der Waals surface area (Å²) in [6.07, 6.45) is 1.66. The molecule has 20 heavy (non-hydrogen) atoms. The van der Waals surface area contributed by atoms with Crippen LogP contribution in [-0.4, -0.2) is 42.7 Å². The van der Waals surface area contributed by atoms with Gasteiger partial charge in [-0.15, -0.1) is 0 Å². The largest absolute Gasteiger partial charge is 0.508 e.